The molecule has 106 valence electrons. The predicted octanol–water partition coefficient (Wildman–Crippen LogP) is 1.96. The van der Waals surface area contributed by atoms with Crippen LogP contribution < -0.4 is 15.2 Å². The second-order valence-corrected chi connectivity index (χ2v) is 4.42. The van der Waals surface area contributed by atoms with Crippen LogP contribution in [0.1, 0.15) is 17.2 Å². The fourth-order valence-electron chi connectivity index (χ4n) is 2.05. The normalized spacial score (nSPS) is 11.9. The van der Waals surface area contributed by atoms with Crippen LogP contribution in [0.3, 0.4) is 0 Å². The fraction of sp³-hybridized carbons (Fsp3) is 0.267. The Labute approximate surface area is 118 Å². The van der Waals surface area contributed by atoms with Crippen LogP contribution in [0.5, 0.6) is 11.5 Å². The molecule has 0 aliphatic rings. The number of hydrogen-bond donors (Lipinski definition) is 2. The van der Waals surface area contributed by atoms with Crippen molar-refractivity contribution in [2.24, 2.45) is 0 Å². The molecule has 1 aromatic carbocycles. The highest BCUT2D eigenvalue weighted by Crippen LogP contribution is 2.31. The number of anilines is 1. The van der Waals surface area contributed by atoms with Crippen molar-refractivity contribution < 1.29 is 14.6 Å². The van der Waals surface area contributed by atoms with Gasteiger partial charge in [0.2, 0.25) is 0 Å². The summed E-state index contributed by atoms with van der Waals surface area (Å²) >= 11 is 0. The summed E-state index contributed by atoms with van der Waals surface area (Å²) in [6.45, 7) is 0. The van der Waals surface area contributed by atoms with Crippen LogP contribution in [0.2, 0.25) is 0 Å². The minimum absolute atomic E-state index is 0.427. The van der Waals surface area contributed by atoms with Crippen molar-refractivity contribution in [2.45, 2.75) is 12.5 Å². The summed E-state index contributed by atoms with van der Waals surface area (Å²) in [6, 6.07) is 8.91. The number of rotatable bonds is 5. The largest absolute Gasteiger partial charge is 0.497 e. The van der Waals surface area contributed by atoms with Crippen molar-refractivity contribution >= 4 is 5.82 Å². The first-order valence-electron chi connectivity index (χ1n) is 6.24. The number of pyridine rings is 1. The van der Waals surface area contributed by atoms with E-state index in [-0.39, 0.29) is 0 Å². The first kappa shape index (κ1) is 14.1. The summed E-state index contributed by atoms with van der Waals surface area (Å²) in [5.41, 5.74) is 7.23. The SMILES string of the molecule is COc1ccc(OC)c(C(O)Cc2ccnc(N)c2)c1. The van der Waals surface area contributed by atoms with Crippen LogP contribution in [0, 0.1) is 0 Å². The van der Waals surface area contributed by atoms with Crippen molar-refractivity contribution in [3.63, 3.8) is 0 Å². The van der Waals surface area contributed by atoms with Gasteiger partial charge in [0.25, 0.3) is 0 Å². The van der Waals surface area contributed by atoms with Crippen molar-refractivity contribution in [2.75, 3.05) is 20.0 Å². The molecule has 1 unspecified atom stereocenters. The van der Waals surface area contributed by atoms with Crippen molar-refractivity contribution in [3.05, 3.63) is 47.7 Å². The lowest BCUT2D eigenvalue weighted by Gasteiger charge is -2.16. The lowest BCUT2D eigenvalue weighted by Crippen LogP contribution is -2.05. The number of aliphatic hydroxyl groups is 1. The molecule has 0 spiro atoms. The topological polar surface area (TPSA) is 77.6 Å². The quantitative estimate of drug-likeness (QED) is 0.871. The van der Waals surface area contributed by atoms with E-state index in [1.165, 1.54) is 0 Å². The number of aromatic nitrogens is 1. The molecule has 5 nitrogen and oxygen atoms in total. The average molecular weight is 274 g/mol. The third-order valence-corrected chi connectivity index (χ3v) is 3.07. The summed E-state index contributed by atoms with van der Waals surface area (Å²) in [5.74, 6) is 1.74. The van der Waals surface area contributed by atoms with Crippen molar-refractivity contribution in [1.82, 2.24) is 4.98 Å². The van der Waals surface area contributed by atoms with E-state index in [0.717, 1.165) is 5.56 Å². The van der Waals surface area contributed by atoms with Crippen LogP contribution >= 0.6 is 0 Å². The van der Waals surface area contributed by atoms with Gasteiger partial charge in [-0.3, -0.25) is 0 Å². The standard InChI is InChI=1S/C15H18N2O3/c1-19-11-3-4-14(20-2)12(9-11)13(18)7-10-5-6-17-15(16)8-10/h3-6,8-9,13,18H,7H2,1-2H3,(H2,16,17). The molecule has 0 aliphatic heterocycles. The molecule has 1 aromatic heterocycles. The Hall–Kier alpha value is -2.27. The number of benzene rings is 1. The number of nitrogens with two attached hydrogens (primary N) is 1. The Bertz CT molecular complexity index is 587. The van der Waals surface area contributed by atoms with Gasteiger partial charge in [0.05, 0.1) is 20.3 Å². The van der Waals surface area contributed by atoms with E-state index >= 15 is 0 Å². The van der Waals surface area contributed by atoms with Gasteiger partial charge in [0.15, 0.2) is 0 Å². The molecule has 2 aromatic rings. The summed E-state index contributed by atoms with van der Waals surface area (Å²) in [7, 11) is 3.16. The molecule has 20 heavy (non-hydrogen) atoms. The lowest BCUT2D eigenvalue weighted by atomic mass is 10.0. The van der Waals surface area contributed by atoms with Gasteiger partial charge >= 0.3 is 0 Å². The molecule has 1 atom stereocenters. The molecule has 0 radical (unpaired) electrons. The Balaban J connectivity index is 2.25. The van der Waals surface area contributed by atoms with E-state index < -0.39 is 6.10 Å². The van der Waals surface area contributed by atoms with Gasteiger partial charge in [0, 0.05) is 18.2 Å². The molecular formula is C15H18N2O3. The van der Waals surface area contributed by atoms with Crippen LogP contribution in [-0.2, 0) is 6.42 Å². The zero-order valence-corrected chi connectivity index (χ0v) is 11.5. The molecule has 3 N–H and O–H groups in total. The number of methoxy groups -OCH3 is 2. The third kappa shape index (κ3) is 3.19. The number of aliphatic hydroxyl groups excluding tert-OH is 1. The molecule has 2 rings (SSSR count). The summed E-state index contributed by atoms with van der Waals surface area (Å²) in [5, 5.41) is 10.4. The fourth-order valence-corrected chi connectivity index (χ4v) is 2.05. The molecular weight excluding hydrogens is 256 g/mol. The number of nitrogens with zero attached hydrogens (tertiary/aromatic N) is 1. The summed E-state index contributed by atoms with van der Waals surface area (Å²) in [4.78, 5) is 3.93. The first-order chi connectivity index (χ1) is 9.63. The Morgan fingerprint density at radius 3 is 2.65 bits per heavy atom. The first-order valence-corrected chi connectivity index (χ1v) is 6.24. The predicted molar refractivity (Wildman–Crippen MR) is 76.9 cm³/mol. The molecule has 0 saturated heterocycles. The van der Waals surface area contributed by atoms with E-state index in [1.807, 2.05) is 6.07 Å². The van der Waals surface area contributed by atoms with Crippen LogP contribution in [-0.4, -0.2) is 24.3 Å². The lowest BCUT2D eigenvalue weighted by molar-refractivity contribution is 0.173. The number of hydrogen-bond acceptors (Lipinski definition) is 5. The number of ether oxygens (including phenoxy) is 2. The Morgan fingerprint density at radius 1 is 1.20 bits per heavy atom. The molecule has 0 amide bonds. The average Bonchev–Trinajstić information content (AvgIpc) is 2.46. The minimum Gasteiger partial charge on any atom is -0.497 e. The molecule has 1 heterocycles. The van der Waals surface area contributed by atoms with Gasteiger partial charge in [-0.15, -0.1) is 0 Å². The molecule has 0 fully saturated rings. The van der Waals surface area contributed by atoms with Crippen molar-refractivity contribution in [1.29, 1.82) is 0 Å². The second kappa shape index (κ2) is 6.25. The smallest absolute Gasteiger partial charge is 0.124 e. The zero-order valence-electron chi connectivity index (χ0n) is 11.5. The van der Waals surface area contributed by atoms with Gasteiger partial charge in [-0.2, -0.15) is 0 Å². The highest BCUT2D eigenvalue weighted by Gasteiger charge is 2.15. The number of nitrogen functional groups attached to an aromatic ring is 1. The van der Waals surface area contributed by atoms with Gasteiger partial charge < -0.3 is 20.3 Å². The molecule has 0 aliphatic carbocycles. The maximum atomic E-state index is 10.4. The van der Waals surface area contributed by atoms with Crippen LogP contribution in [0.4, 0.5) is 5.82 Å². The van der Waals surface area contributed by atoms with E-state index in [0.29, 0.717) is 29.3 Å². The van der Waals surface area contributed by atoms with E-state index in [4.69, 9.17) is 15.2 Å². The zero-order chi connectivity index (χ0) is 14.5. The molecule has 0 bridgehead atoms. The van der Waals surface area contributed by atoms with Crippen LogP contribution in [0.25, 0.3) is 0 Å². The minimum atomic E-state index is -0.707. The monoisotopic (exact) mass is 274 g/mol. The van der Waals surface area contributed by atoms with Crippen LogP contribution in [0.15, 0.2) is 36.5 Å². The Kier molecular flexibility index (Phi) is 4.42. The van der Waals surface area contributed by atoms with Gasteiger partial charge in [-0.05, 0) is 35.9 Å². The van der Waals surface area contributed by atoms with E-state index in [2.05, 4.69) is 4.98 Å². The molecule has 0 saturated carbocycles. The van der Waals surface area contributed by atoms with Gasteiger partial charge in [-0.25, -0.2) is 4.98 Å². The van der Waals surface area contributed by atoms with E-state index in [1.54, 1.807) is 44.7 Å². The highest BCUT2D eigenvalue weighted by molar-refractivity contribution is 5.42. The maximum absolute atomic E-state index is 10.4. The third-order valence-electron chi connectivity index (χ3n) is 3.07. The Morgan fingerprint density at radius 2 is 2.00 bits per heavy atom. The highest BCUT2D eigenvalue weighted by atomic mass is 16.5. The summed E-state index contributed by atoms with van der Waals surface area (Å²) < 4.78 is 10.5. The maximum Gasteiger partial charge on any atom is 0.124 e. The van der Waals surface area contributed by atoms with Crippen molar-refractivity contribution in [3.8, 4) is 11.5 Å². The van der Waals surface area contributed by atoms with Gasteiger partial charge in [-0.1, -0.05) is 0 Å². The summed E-state index contributed by atoms with van der Waals surface area (Å²) in [6.07, 6.45) is 1.35. The van der Waals surface area contributed by atoms with Gasteiger partial charge in [0.1, 0.15) is 17.3 Å². The van der Waals surface area contributed by atoms with E-state index in [9.17, 15) is 5.11 Å². The molecule has 5 heteroatoms. The second-order valence-electron chi connectivity index (χ2n) is 4.42.